The molecule has 1 aliphatic rings. The molecule has 0 saturated carbocycles. The second-order valence-electron chi connectivity index (χ2n) is 7.90. The molecule has 9 heteroatoms. The third kappa shape index (κ3) is 5.14. The predicted molar refractivity (Wildman–Crippen MR) is 124 cm³/mol. The summed E-state index contributed by atoms with van der Waals surface area (Å²) in [5, 5.41) is 6.96. The van der Waals surface area contributed by atoms with Crippen LogP contribution >= 0.6 is 12.2 Å². The van der Waals surface area contributed by atoms with Crippen LogP contribution in [0.3, 0.4) is 0 Å². The van der Waals surface area contributed by atoms with Gasteiger partial charge in [0.15, 0.2) is 5.11 Å². The van der Waals surface area contributed by atoms with Gasteiger partial charge in [-0.3, -0.25) is 4.31 Å². The Morgan fingerprint density at radius 2 is 2.00 bits per heavy atom. The van der Waals surface area contributed by atoms with Crippen molar-refractivity contribution >= 4 is 38.7 Å². The van der Waals surface area contributed by atoms with Gasteiger partial charge in [0.2, 0.25) is 10.0 Å². The van der Waals surface area contributed by atoms with Gasteiger partial charge in [-0.05, 0) is 56.4 Å². The summed E-state index contributed by atoms with van der Waals surface area (Å²) in [6.45, 7) is 4.07. The van der Waals surface area contributed by atoms with Crippen LogP contribution in [0.15, 0.2) is 42.5 Å². The van der Waals surface area contributed by atoms with Crippen LogP contribution in [0.1, 0.15) is 31.9 Å². The van der Waals surface area contributed by atoms with Crippen molar-refractivity contribution in [2.75, 3.05) is 30.0 Å². The number of anilines is 2. The number of rotatable bonds is 5. The van der Waals surface area contributed by atoms with Gasteiger partial charge in [-0.25, -0.2) is 8.42 Å². The number of thiocarbonyl (C=S) groups is 1. The van der Waals surface area contributed by atoms with Crippen LogP contribution in [-0.4, -0.2) is 39.5 Å². The lowest BCUT2D eigenvalue weighted by Gasteiger charge is -2.38. The van der Waals surface area contributed by atoms with Crippen molar-refractivity contribution in [3.63, 3.8) is 0 Å². The molecule has 0 aliphatic carbocycles. The van der Waals surface area contributed by atoms with E-state index in [1.54, 1.807) is 25.3 Å². The van der Waals surface area contributed by atoms with E-state index in [1.807, 2.05) is 38.1 Å². The molecular formula is C21H27N3O4S2. The first-order chi connectivity index (χ1) is 14.0. The molecule has 0 saturated heterocycles. The largest absolute Gasteiger partial charge is 0.497 e. The highest BCUT2D eigenvalue weighted by atomic mass is 32.2. The fourth-order valence-corrected chi connectivity index (χ4v) is 4.14. The quantitative estimate of drug-likeness (QED) is 0.674. The summed E-state index contributed by atoms with van der Waals surface area (Å²) in [7, 11) is -0.204. The summed E-state index contributed by atoms with van der Waals surface area (Å²) in [6, 6.07) is 12.8. The molecular weight excluding hydrogens is 422 g/mol. The minimum Gasteiger partial charge on any atom is -0.497 e. The summed E-state index contributed by atoms with van der Waals surface area (Å²) in [5.74, 6) is 1.50. The van der Waals surface area contributed by atoms with Crippen molar-refractivity contribution in [2.24, 2.45) is 0 Å². The van der Waals surface area contributed by atoms with Gasteiger partial charge in [0, 0.05) is 30.8 Å². The maximum Gasteiger partial charge on any atom is 0.231 e. The van der Waals surface area contributed by atoms with Gasteiger partial charge < -0.3 is 20.1 Å². The zero-order chi connectivity index (χ0) is 22.1. The molecule has 0 bridgehead atoms. The lowest BCUT2D eigenvalue weighted by Crippen LogP contribution is -2.42. The summed E-state index contributed by atoms with van der Waals surface area (Å²) in [4.78, 5) is 0. The first-order valence-electron chi connectivity index (χ1n) is 9.47. The van der Waals surface area contributed by atoms with Gasteiger partial charge in [-0.1, -0.05) is 6.07 Å². The zero-order valence-electron chi connectivity index (χ0n) is 17.7. The molecule has 0 unspecified atom stereocenters. The monoisotopic (exact) mass is 449 g/mol. The van der Waals surface area contributed by atoms with E-state index in [2.05, 4.69) is 10.6 Å². The Bertz CT molecular complexity index is 1050. The van der Waals surface area contributed by atoms with Crippen LogP contribution < -0.4 is 24.4 Å². The molecule has 0 amide bonds. The standard InChI is InChI=1S/C21H27N3O4S2/c1-21(2)13-18(17-10-9-16(27-4)12-19(17)28-21)23-20(29)22-14-7-6-8-15(11-14)24(3)30(5,25)26/h6-12,18H,13H2,1-5H3,(H2,22,23,29)/t18-/m0/s1. The van der Waals surface area contributed by atoms with Gasteiger partial charge in [-0.2, -0.15) is 0 Å². The molecule has 2 N–H and O–H groups in total. The number of nitrogens with zero attached hydrogens (tertiary/aromatic N) is 1. The van der Waals surface area contributed by atoms with E-state index in [1.165, 1.54) is 17.6 Å². The van der Waals surface area contributed by atoms with Crippen LogP contribution in [-0.2, 0) is 10.0 Å². The molecule has 0 radical (unpaired) electrons. The van der Waals surface area contributed by atoms with Crippen LogP contribution in [0.5, 0.6) is 11.5 Å². The average molecular weight is 450 g/mol. The maximum atomic E-state index is 11.8. The Kier molecular flexibility index (Phi) is 6.14. The van der Waals surface area contributed by atoms with Crippen LogP contribution in [0.4, 0.5) is 11.4 Å². The molecule has 0 spiro atoms. The summed E-state index contributed by atoms with van der Waals surface area (Å²) in [6.07, 6.45) is 1.89. The second-order valence-corrected chi connectivity index (χ2v) is 10.3. The van der Waals surface area contributed by atoms with E-state index in [0.717, 1.165) is 23.5 Å². The number of fused-ring (bicyclic) bond motifs is 1. The third-order valence-electron chi connectivity index (χ3n) is 4.95. The molecule has 7 nitrogen and oxygen atoms in total. The third-order valence-corrected chi connectivity index (χ3v) is 6.37. The molecule has 0 fully saturated rings. The molecule has 1 atom stereocenters. The van der Waals surface area contributed by atoms with Crippen LogP contribution in [0, 0.1) is 0 Å². The molecule has 1 aliphatic heterocycles. The lowest BCUT2D eigenvalue weighted by atomic mass is 9.89. The van der Waals surface area contributed by atoms with Gasteiger partial charge in [0.1, 0.15) is 17.1 Å². The number of benzene rings is 2. The number of ether oxygens (including phenoxy) is 2. The van der Waals surface area contributed by atoms with Crippen molar-refractivity contribution in [2.45, 2.75) is 31.9 Å². The minimum atomic E-state index is -3.34. The van der Waals surface area contributed by atoms with Crippen molar-refractivity contribution in [1.29, 1.82) is 0 Å². The molecule has 2 aromatic carbocycles. The Morgan fingerprint density at radius 1 is 1.27 bits per heavy atom. The van der Waals surface area contributed by atoms with Crippen molar-refractivity contribution in [3.05, 3.63) is 48.0 Å². The zero-order valence-corrected chi connectivity index (χ0v) is 19.4. The molecule has 162 valence electrons. The Hall–Kier alpha value is -2.52. The second kappa shape index (κ2) is 8.31. The van der Waals surface area contributed by atoms with E-state index in [-0.39, 0.29) is 11.6 Å². The summed E-state index contributed by atoms with van der Waals surface area (Å²) >= 11 is 5.53. The Morgan fingerprint density at radius 3 is 2.67 bits per heavy atom. The van der Waals surface area contributed by atoms with E-state index in [4.69, 9.17) is 21.7 Å². The average Bonchev–Trinajstić information content (AvgIpc) is 2.65. The highest BCUT2D eigenvalue weighted by Crippen LogP contribution is 2.41. The van der Waals surface area contributed by atoms with Crippen molar-refractivity contribution < 1.29 is 17.9 Å². The fraction of sp³-hybridized carbons (Fsp3) is 0.381. The topological polar surface area (TPSA) is 79.9 Å². The predicted octanol–water partition coefficient (Wildman–Crippen LogP) is 3.68. The fourth-order valence-electron chi connectivity index (χ4n) is 3.38. The van der Waals surface area contributed by atoms with Crippen molar-refractivity contribution in [1.82, 2.24) is 5.32 Å². The molecule has 3 rings (SSSR count). The number of methoxy groups -OCH3 is 1. The Labute approximate surface area is 183 Å². The molecule has 2 aromatic rings. The van der Waals surface area contributed by atoms with Crippen LogP contribution in [0.25, 0.3) is 0 Å². The van der Waals surface area contributed by atoms with E-state index < -0.39 is 10.0 Å². The SMILES string of the molecule is COc1ccc2c(c1)OC(C)(C)C[C@@H]2NC(=S)Nc1cccc(N(C)S(C)(=O)=O)c1. The summed E-state index contributed by atoms with van der Waals surface area (Å²) < 4.78 is 36.3. The van der Waals surface area contributed by atoms with Gasteiger partial charge in [0.05, 0.1) is 25.1 Å². The number of hydrogen-bond donors (Lipinski definition) is 2. The van der Waals surface area contributed by atoms with E-state index in [0.29, 0.717) is 16.5 Å². The molecule has 0 aromatic heterocycles. The smallest absolute Gasteiger partial charge is 0.231 e. The number of nitrogens with one attached hydrogen (secondary N) is 2. The first-order valence-corrected chi connectivity index (χ1v) is 11.7. The summed E-state index contributed by atoms with van der Waals surface area (Å²) in [5.41, 5.74) is 1.88. The first kappa shape index (κ1) is 22.2. The van der Waals surface area contributed by atoms with Gasteiger partial charge in [0.25, 0.3) is 0 Å². The minimum absolute atomic E-state index is 0.0449. The van der Waals surface area contributed by atoms with Crippen molar-refractivity contribution in [3.8, 4) is 11.5 Å². The van der Waals surface area contributed by atoms with E-state index >= 15 is 0 Å². The number of sulfonamides is 1. The molecule has 1 heterocycles. The van der Waals surface area contributed by atoms with E-state index in [9.17, 15) is 8.42 Å². The van der Waals surface area contributed by atoms with Gasteiger partial charge >= 0.3 is 0 Å². The maximum absolute atomic E-state index is 11.8. The normalized spacial score (nSPS) is 17.3. The van der Waals surface area contributed by atoms with Crippen LogP contribution in [0.2, 0.25) is 0 Å². The highest BCUT2D eigenvalue weighted by molar-refractivity contribution is 7.92. The number of hydrogen-bond acceptors (Lipinski definition) is 5. The highest BCUT2D eigenvalue weighted by Gasteiger charge is 2.34. The van der Waals surface area contributed by atoms with Gasteiger partial charge in [-0.15, -0.1) is 0 Å². The molecule has 30 heavy (non-hydrogen) atoms. The Balaban J connectivity index is 1.77. The lowest BCUT2D eigenvalue weighted by molar-refractivity contribution is 0.0693.